The predicted octanol–water partition coefficient (Wildman–Crippen LogP) is 3.59. The summed E-state index contributed by atoms with van der Waals surface area (Å²) in [6, 6.07) is 6.58. The van der Waals surface area contributed by atoms with E-state index in [4.69, 9.17) is 17.3 Å². The third kappa shape index (κ3) is 2.89. The van der Waals surface area contributed by atoms with Crippen molar-refractivity contribution >= 4 is 17.3 Å². The quantitative estimate of drug-likeness (QED) is 0.872. The Morgan fingerprint density at radius 1 is 1.38 bits per heavy atom. The molecule has 0 radical (unpaired) electrons. The van der Waals surface area contributed by atoms with Gasteiger partial charge >= 0.3 is 0 Å². The van der Waals surface area contributed by atoms with Crippen LogP contribution in [0.15, 0.2) is 18.2 Å². The molecule has 0 aliphatic carbocycles. The normalized spacial score (nSPS) is 14.6. The van der Waals surface area contributed by atoms with E-state index in [1.807, 2.05) is 19.1 Å². The molecule has 0 aliphatic rings. The Kier molecular flexibility index (Phi) is 4.63. The van der Waals surface area contributed by atoms with Gasteiger partial charge in [0.25, 0.3) is 0 Å². The molecule has 0 spiro atoms. The molecule has 0 saturated heterocycles. The molecule has 1 aromatic carbocycles. The average molecular weight is 241 g/mol. The molecule has 0 bridgehead atoms. The van der Waals surface area contributed by atoms with Crippen LogP contribution in [0, 0.1) is 0 Å². The third-order valence-electron chi connectivity index (χ3n) is 3.13. The summed E-state index contributed by atoms with van der Waals surface area (Å²) in [5.41, 5.74) is 7.97. The van der Waals surface area contributed by atoms with E-state index in [0.717, 1.165) is 22.7 Å². The van der Waals surface area contributed by atoms with Crippen LogP contribution in [0.25, 0.3) is 0 Å². The van der Waals surface area contributed by atoms with Crippen LogP contribution in [-0.2, 0) is 0 Å². The molecule has 0 fully saturated rings. The van der Waals surface area contributed by atoms with Crippen LogP contribution < -0.4 is 10.6 Å². The second-order valence-corrected chi connectivity index (χ2v) is 4.77. The van der Waals surface area contributed by atoms with Crippen molar-refractivity contribution in [1.82, 2.24) is 0 Å². The van der Waals surface area contributed by atoms with Gasteiger partial charge in [-0.15, -0.1) is 0 Å². The molecule has 0 aliphatic heterocycles. The van der Waals surface area contributed by atoms with E-state index >= 15 is 0 Å². The van der Waals surface area contributed by atoms with E-state index in [1.54, 1.807) is 0 Å². The number of rotatable bonds is 4. The van der Waals surface area contributed by atoms with Gasteiger partial charge in [-0.05, 0) is 38.0 Å². The van der Waals surface area contributed by atoms with Crippen LogP contribution in [-0.4, -0.2) is 13.1 Å². The van der Waals surface area contributed by atoms with Crippen LogP contribution >= 0.6 is 11.6 Å². The highest BCUT2D eigenvalue weighted by atomic mass is 35.5. The summed E-state index contributed by atoms with van der Waals surface area (Å²) in [4.78, 5) is 2.23. The maximum atomic E-state index is 6.21. The lowest BCUT2D eigenvalue weighted by Gasteiger charge is -2.26. The van der Waals surface area contributed by atoms with Gasteiger partial charge < -0.3 is 10.6 Å². The van der Waals surface area contributed by atoms with Crippen molar-refractivity contribution in [3.05, 3.63) is 28.8 Å². The van der Waals surface area contributed by atoms with Crippen molar-refractivity contribution in [2.75, 3.05) is 11.9 Å². The summed E-state index contributed by atoms with van der Waals surface area (Å²) in [7, 11) is 2.09. The third-order valence-corrected chi connectivity index (χ3v) is 3.46. The van der Waals surface area contributed by atoms with E-state index in [-0.39, 0.29) is 6.04 Å². The maximum absolute atomic E-state index is 6.21. The van der Waals surface area contributed by atoms with Gasteiger partial charge in [0.1, 0.15) is 0 Å². The summed E-state index contributed by atoms with van der Waals surface area (Å²) >= 11 is 6.21. The molecular weight excluding hydrogens is 220 g/mol. The SMILES string of the molecule is CCC(C)N(C)c1ccc(C(C)N)c(Cl)c1. The molecule has 2 N–H and O–H groups in total. The maximum Gasteiger partial charge on any atom is 0.0474 e. The van der Waals surface area contributed by atoms with Gasteiger partial charge in [-0.25, -0.2) is 0 Å². The summed E-state index contributed by atoms with van der Waals surface area (Å²) in [6.45, 7) is 6.33. The monoisotopic (exact) mass is 240 g/mol. The Morgan fingerprint density at radius 3 is 2.44 bits per heavy atom. The molecule has 0 saturated carbocycles. The highest BCUT2D eigenvalue weighted by Gasteiger charge is 2.11. The number of hydrogen-bond donors (Lipinski definition) is 1. The fourth-order valence-electron chi connectivity index (χ4n) is 1.63. The first-order valence-corrected chi connectivity index (χ1v) is 6.13. The van der Waals surface area contributed by atoms with E-state index in [0.29, 0.717) is 6.04 Å². The number of hydrogen-bond acceptors (Lipinski definition) is 2. The lowest BCUT2D eigenvalue weighted by atomic mass is 10.1. The molecule has 16 heavy (non-hydrogen) atoms. The minimum absolute atomic E-state index is 0.0181. The Bertz CT molecular complexity index is 350. The molecule has 2 atom stereocenters. The smallest absolute Gasteiger partial charge is 0.0474 e. The van der Waals surface area contributed by atoms with Gasteiger partial charge in [0.15, 0.2) is 0 Å². The second kappa shape index (κ2) is 5.55. The number of benzene rings is 1. The van der Waals surface area contributed by atoms with Crippen molar-refractivity contribution in [2.45, 2.75) is 39.3 Å². The van der Waals surface area contributed by atoms with E-state index in [1.165, 1.54) is 0 Å². The number of nitrogens with two attached hydrogens (primary N) is 1. The first-order chi connectivity index (χ1) is 7.47. The predicted molar refractivity (Wildman–Crippen MR) is 72.2 cm³/mol. The van der Waals surface area contributed by atoms with Gasteiger partial charge in [0, 0.05) is 29.8 Å². The van der Waals surface area contributed by atoms with Gasteiger partial charge in [-0.1, -0.05) is 24.6 Å². The molecule has 0 heterocycles. The molecule has 0 amide bonds. The van der Waals surface area contributed by atoms with Crippen molar-refractivity contribution in [3.8, 4) is 0 Å². The molecular formula is C13H21ClN2. The van der Waals surface area contributed by atoms with E-state index in [9.17, 15) is 0 Å². The molecule has 2 nitrogen and oxygen atoms in total. The first-order valence-electron chi connectivity index (χ1n) is 5.75. The molecule has 2 unspecified atom stereocenters. The van der Waals surface area contributed by atoms with Crippen LogP contribution in [0.3, 0.4) is 0 Å². The number of nitrogens with zero attached hydrogens (tertiary/aromatic N) is 1. The lowest BCUT2D eigenvalue weighted by Crippen LogP contribution is -2.27. The highest BCUT2D eigenvalue weighted by Crippen LogP contribution is 2.27. The average Bonchev–Trinajstić information content (AvgIpc) is 2.26. The second-order valence-electron chi connectivity index (χ2n) is 4.36. The minimum Gasteiger partial charge on any atom is -0.372 e. The lowest BCUT2D eigenvalue weighted by molar-refractivity contribution is 0.663. The molecule has 0 aromatic heterocycles. The van der Waals surface area contributed by atoms with E-state index in [2.05, 4.69) is 31.9 Å². The Labute approximate surface area is 103 Å². The zero-order valence-corrected chi connectivity index (χ0v) is 11.3. The van der Waals surface area contributed by atoms with Crippen molar-refractivity contribution < 1.29 is 0 Å². The fourth-order valence-corrected chi connectivity index (χ4v) is 1.98. The van der Waals surface area contributed by atoms with E-state index < -0.39 is 0 Å². The summed E-state index contributed by atoms with van der Waals surface area (Å²) in [5, 5.41) is 0.752. The van der Waals surface area contributed by atoms with Gasteiger partial charge in [-0.2, -0.15) is 0 Å². The molecule has 1 aromatic rings. The molecule has 1 rings (SSSR count). The fraction of sp³-hybridized carbons (Fsp3) is 0.538. The van der Waals surface area contributed by atoms with Gasteiger partial charge in [0.05, 0.1) is 0 Å². The van der Waals surface area contributed by atoms with Crippen molar-refractivity contribution in [3.63, 3.8) is 0 Å². The van der Waals surface area contributed by atoms with Crippen LogP contribution in [0.4, 0.5) is 5.69 Å². The highest BCUT2D eigenvalue weighted by molar-refractivity contribution is 6.31. The standard InChI is InChI=1S/C13H21ClN2/c1-5-9(2)16(4)11-6-7-12(10(3)15)13(14)8-11/h6-10H,5,15H2,1-4H3. The van der Waals surface area contributed by atoms with Crippen LogP contribution in [0.2, 0.25) is 5.02 Å². The first kappa shape index (κ1) is 13.3. The van der Waals surface area contributed by atoms with Crippen molar-refractivity contribution in [1.29, 1.82) is 0 Å². The summed E-state index contributed by atoms with van der Waals surface area (Å²) < 4.78 is 0. The molecule has 90 valence electrons. The summed E-state index contributed by atoms with van der Waals surface area (Å²) in [5.74, 6) is 0. The van der Waals surface area contributed by atoms with Gasteiger partial charge in [0.2, 0.25) is 0 Å². The summed E-state index contributed by atoms with van der Waals surface area (Å²) in [6.07, 6.45) is 1.11. The van der Waals surface area contributed by atoms with Crippen LogP contribution in [0.5, 0.6) is 0 Å². The number of anilines is 1. The zero-order valence-electron chi connectivity index (χ0n) is 10.5. The largest absolute Gasteiger partial charge is 0.372 e. The Balaban J connectivity index is 2.97. The number of halogens is 1. The van der Waals surface area contributed by atoms with Crippen molar-refractivity contribution in [2.24, 2.45) is 5.73 Å². The Hall–Kier alpha value is -0.730. The van der Waals surface area contributed by atoms with Gasteiger partial charge in [-0.3, -0.25) is 0 Å². The topological polar surface area (TPSA) is 29.3 Å². The Morgan fingerprint density at radius 2 is 2.00 bits per heavy atom. The zero-order chi connectivity index (χ0) is 12.3. The van der Waals surface area contributed by atoms with Crippen LogP contribution in [0.1, 0.15) is 38.8 Å². The minimum atomic E-state index is -0.0181. The molecule has 3 heteroatoms.